The number of furan rings is 1. The minimum atomic E-state index is -0.506. The van der Waals surface area contributed by atoms with Crippen LogP contribution in [0.1, 0.15) is 12.2 Å². The molecule has 1 saturated carbocycles. The molecule has 2 heterocycles. The number of hydrazone groups is 1. The summed E-state index contributed by atoms with van der Waals surface area (Å²) in [6, 6.07) is 7.51. The molecule has 0 spiro atoms. The molecule has 2 aromatic rings. The van der Waals surface area contributed by atoms with Gasteiger partial charge in [0.05, 0.1) is 41.7 Å². The Kier molecular flexibility index (Phi) is 4.05. The van der Waals surface area contributed by atoms with Crippen LogP contribution in [0.25, 0.3) is 11.3 Å². The SMILES string of the molecule is COc1cc([N+](=O)[O-])ccc1-c1ccc(/C=N\N2C(=O)[C@@H]3[C@@H](C2=O)[C@H]2C=C[C@H]3C2)o1. The standard InChI is InChI=1S/C21H17N3O6/c1-29-17-9-13(24(27)28)4-6-15(17)16-7-5-14(30-16)10-22-23-20(25)18-11-2-3-12(8-11)19(18)21(23)26/h2-7,9-12,18-19H,8H2,1H3/b22-10-/t11-,12-,18-,19-/m0/s1. The van der Waals surface area contributed by atoms with Gasteiger partial charge >= 0.3 is 0 Å². The van der Waals surface area contributed by atoms with Gasteiger partial charge in [-0.15, -0.1) is 0 Å². The average Bonchev–Trinajstić information content (AvgIpc) is 3.51. The third kappa shape index (κ3) is 2.66. The van der Waals surface area contributed by atoms with Crippen LogP contribution in [0.4, 0.5) is 5.69 Å². The van der Waals surface area contributed by atoms with E-state index < -0.39 is 4.92 Å². The zero-order valence-electron chi connectivity index (χ0n) is 15.9. The minimum absolute atomic E-state index is 0.0935. The van der Waals surface area contributed by atoms with Crippen molar-refractivity contribution < 1.29 is 23.7 Å². The third-order valence-corrected chi connectivity index (χ3v) is 6.04. The van der Waals surface area contributed by atoms with Gasteiger partial charge in [0.25, 0.3) is 17.5 Å². The highest BCUT2D eigenvalue weighted by Gasteiger charge is 2.59. The van der Waals surface area contributed by atoms with Crippen molar-refractivity contribution in [1.29, 1.82) is 0 Å². The Morgan fingerprint density at radius 1 is 1.17 bits per heavy atom. The van der Waals surface area contributed by atoms with Gasteiger partial charge in [0.2, 0.25) is 0 Å². The number of non-ortho nitro benzene ring substituents is 1. The second-order valence-corrected chi connectivity index (χ2v) is 7.58. The van der Waals surface area contributed by atoms with Crippen LogP contribution in [0, 0.1) is 33.8 Å². The van der Waals surface area contributed by atoms with Crippen molar-refractivity contribution in [3.63, 3.8) is 0 Å². The maximum Gasteiger partial charge on any atom is 0.273 e. The fourth-order valence-electron chi connectivity index (χ4n) is 4.68. The van der Waals surface area contributed by atoms with Crippen molar-refractivity contribution in [3.05, 3.63) is 58.4 Å². The smallest absolute Gasteiger partial charge is 0.273 e. The van der Waals surface area contributed by atoms with Gasteiger partial charge in [-0.3, -0.25) is 19.7 Å². The van der Waals surface area contributed by atoms with Crippen molar-refractivity contribution in [2.24, 2.45) is 28.8 Å². The van der Waals surface area contributed by atoms with Gasteiger partial charge in [0.1, 0.15) is 17.3 Å². The third-order valence-electron chi connectivity index (χ3n) is 6.04. The van der Waals surface area contributed by atoms with Gasteiger partial charge in [0, 0.05) is 6.07 Å². The number of hydrogen-bond acceptors (Lipinski definition) is 7. The Balaban J connectivity index is 1.37. The first-order chi connectivity index (χ1) is 14.5. The van der Waals surface area contributed by atoms with Crippen molar-refractivity contribution >= 4 is 23.7 Å². The van der Waals surface area contributed by atoms with E-state index in [4.69, 9.17) is 9.15 Å². The number of imide groups is 1. The highest BCUT2D eigenvalue weighted by molar-refractivity contribution is 6.06. The molecule has 2 bridgehead atoms. The van der Waals surface area contributed by atoms with E-state index in [9.17, 15) is 19.7 Å². The predicted molar refractivity (Wildman–Crippen MR) is 105 cm³/mol. The first-order valence-corrected chi connectivity index (χ1v) is 9.50. The van der Waals surface area contributed by atoms with Gasteiger partial charge in [-0.05, 0) is 36.5 Å². The molecule has 2 aliphatic carbocycles. The van der Waals surface area contributed by atoms with E-state index in [0.29, 0.717) is 22.8 Å². The lowest BCUT2D eigenvalue weighted by Crippen LogP contribution is -2.28. The highest BCUT2D eigenvalue weighted by atomic mass is 16.6. The highest BCUT2D eigenvalue weighted by Crippen LogP contribution is 2.52. The number of nitro groups is 1. The molecular weight excluding hydrogens is 390 g/mol. The first kappa shape index (κ1) is 18.3. The van der Waals surface area contributed by atoms with Gasteiger partial charge in [-0.25, -0.2) is 0 Å². The molecule has 9 heteroatoms. The number of rotatable bonds is 5. The summed E-state index contributed by atoms with van der Waals surface area (Å²) in [5, 5.41) is 16.0. The summed E-state index contributed by atoms with van der Waals surface area (Å²) in [5.74, 6) is 0.169. The largest absolute Gasteiger partial charge is 0.496 e. The lowest BCUT2D eigenvalue weighted by atomic mass is 9.85. The molecule has 0 radical (unpaired) electrons. The van der Waals surface area contributed by atoms with E-state index in [1.807, 2.05) is 12.2 Å². The van der Waals surface area contributed by atoms with Crippen LogP contribution >= 0.6 is 0 Å². The maximum atomic E-state index is 12.7. The lowest BCUT2D eigenvalue weighted by molar-refractivity contribution is -0.384. The monoisotopic (exact) mass is 407 g/mol. The molecule has 1 aromatic heterocycles. The minimum Gasteiger partial charge on any atom is -0.496 e. The number of methoxy groups -OCH3 is 1. The lowest BCUT2D eigenvalue weighted by Gasteiger charge is -2.13. The van der Waals surface area contributed by atoms with Crippen molar-refractivity contribution in [1.82, 2.24) is 5.01 Å². The number of nitro benzene ring substituents is 1. The molecular formula is C21H17N3O6. The normalized spacial score (nSPS) is 26.8. The molecule has 0 N–H and O–H groups in total. The molecule has 5 rings (SSSR count). The average molecular weight is 407 g/mol. The Hall–Kier alpha value is -3.75. The summed E-state index contributed by atoms with van der Waals surface area (Å²) in [7, 11) is 1.41. The van der Waals surface area contributed by atoms with Gasteiger partial charge < -0.3 is 9.15 Å². The van der Waals surface area contributed by atoms with Gasteiger partial charge in [-0.2, -0.15) is 10.1 Å². The number of nitrogens with zero attached hydrogens (tertiary/aromatic N) is 3. The zero-order chi connectivity index (χ0) is 21.0. The van der Waals surface area contributed by atoms with Crippen LogP contribution in [-0.4, -0.2) is 35.1 Å². The number of carbonyl (C=O) groups excluding carboxylic acids is 2. The number of carbonyl (C=O) groups is 2. The number of ether oxygens (including phenoxy) is 1. The van der Waals surface area contributed by atoms with Crippen LogP contribution in [-0.2, 0) is 9.59 Å². The van der Waals surface area contributed by atoms with Crippen molar-refractivity contribution in [2.45, 2.75) is 6.42 Å². The van der Waals surface area contributed by atoms with Crippen LogP contribution in [0.5, 0.6) is 5.75 Å². The second-order valence-electron chi connectivity index (χ2n) is 7.58. The van der Waals surface area contributed by atoms with E-state index >= 15 is 0 Å². The van der Waals surface area contributed by atoms with Crippen LogP contribution < -0.4 is 4.74 Å². The molecule has 2 amide bonds. The summed E-state index contributed by atoms with van der Waals surface area (Å²) < 4.78 is 11.0. The summed E-state index contributed by atoms with van der Waals surface area (Å²) in [6.45, 7) is 0. The number of allylic oxidation sites excluding steroid dienone is 2. The Morgan fingerprint density at radius 3 is 2.50 bits per heavy atom. The molecule has 2 fully saturated rings. The second kappa shape index (κ2) is 6.65. The zero-order valence-corrected chi connectivity index (χ0v) is 15.9. The molecule has 9 nitrogen and oxygen atoms in total. The quantitative estimate of drug-likeness (QED) is 0.247. The Morgan fingerprint density at radius 2 is 1.87 bits per heavy atom. The van der Waals surface area contributed by atoms with E-state index in [-0.39, 0.29) is 41.2 Å². The summed E-state index contributed by atoms with van der Waals surface area (Å²) in [4.78, 5) is 35.8. The van der Waals surface area contributed by atoms with Crippen LogP contribution in [0.3, 0.4) is 0 Å². The molecule has 0 unspecified atom stereocenters. The number of hydrogen-bond donors (Lipinski definition) is 0. The topological polar surface area (TPSA) is 115 Å². The van der Waals surface area contributed by atoms with Crippen LogP contribution in [0.15, 0.2) is 52.0 Å². The molecule has 1 aromatic carbocycles. The molecule has 3 aliphatic rings. The Bertz CT molecular complexity index is 1100. The molecule has 152 valence electrons. The van der Waals surface area contributed by atoms with E-state index in [0.717, 1.165) is 11.4 Å². The van der Waals surface area contributed by atoms with Crippen molar-refractivity contribution in [2.75, 3.05) is 7.11 Å². The van der Waals surface area contributed by atoms with E-state index in [2.05, 4.69) is 5.10 Å². The van der Waals surface area contributed by atoms with E-state index in [1.165, 1.54) is 31.5 Å². The summed E-state index contributed by atoms with van der Waals surface area (Å²) in [5.41, 5.74) is 0.442. The summed E-state index contributed by atoms with van der Waals surface area (Å²) >= 11 is 0. The number of amides is 2. The van der Waals surface area contributed by atoms with Gasteiger partial charge in [-0.1, -0.05) is 12.2 Å². The fourth-order valence-corrected chi connectivity index (χ4v) is 4.68. The van der Waals surface area contributed by atoms with E-state index in [1.54, 1.807) is 12.1 Å². The maximum absolute atomic E-state index is 12.7. The Labute approximate surface area is 170 Å². The number of benzene rings is 1. The summed E-state index contributed by atoms with van der Waals surface area (Å²) in [6.07, 6.45) is 6.25. The van der Waals surface area contributed by atoms with Crippen molar-refractivity contribution in [3.8, 4) is 17.1 Å². The fraction of sp³-hybridized carbons (Fsp3) is 0.286. The number of fused-ring (bicyclic) bond motifs is 5. The first-order valence-electron chi connectivity index (χ1n) is 9.50. The molecule has 4 atom stereocenters. The predicted octanol–water partition coefficient (Wildman–Crippen LogP) is 3.00. The molecule has 1 aliphatic heterocycles. The molecule has 30 heavy (non-hydrogen) atoms. The van der Waals surface area contributed by atoms with Crippen LogP contribution in [0.2, 0.25) is 0 Å². The van der Waals surface area contributed by atoms with Gasteiger partial charge in [0.15, 0.2) is 0 Å². The molecule has 1 saturated heterocycles.